The van der Waals surface area contributed by atoms with Crippen molar-refractivity contribution in [1.29, 1.82) is 0 Å². The van der Waals surface area contributed by atoms with Crippen LogP contribution in [0.25, 0.3) is 0 Å². The molecule has 7 nitrogen and oxygen atoms in total. The molecular formula is C13H17FN4O3S. The first-order valence-electron chi connectivity index (χ1n) is 6.35. The largest absolute Gasteiger partial charge is 0.352 e. The second kappa shape index (κ2) is 8.88. The second-order valence-corrected chi connectivity index (χ2v) is 5.25. The molecular weight excluding hydrogens is 311 g/mol. The number of benzene rings is 1. The minimum Gasteiger partial charge on any atom is -0.352 e. The molecule has 1 rings (SSSR count). The van der Waals surface area contributed by atoms with E-state index < -0.39 is 29.7 Å². The zero-order chi connectivity index (χ0) is 16.5. The Bertz CT molecular complexity index is 556. The standard InChI is InChI=1S/C13H17FN4O3S/c1-22-7-6-10(16-13(15)21)12(20)18-17-11(19)8-4-2-3-5-9(8)14/h2-5,10H,6-7H2,1H3,(H,17,19)(H,18,20)(H3,15,16,21)/t10-/m0/s1. The minimum atomic E-state index is -0.883. The molecule has 0 bridgehead atoms. The Labute approximate surface area is 131 Å². The molecule has 0 aliphatic rings. The van der Waals surface area contributed by atoms with E-state index in [9.17, 15) is 18.8 Å². The number of rotatable bonds is 6. The lowest BCUT2D eigenvalue weighted by molar-refractivity contribution is -0.123. The van der Waals surface area contributed by atoms with Gasteiger partial charge in [0.05, 0.1) is 5.56 Å². The van der Waals surface area contributed by atoms with Gasteiger partial charge in [-0.1, -0.05) is 12.1 Å². The highest BCUT2D eigenvalue weighted by Gasteiger charge is 2.20. The Morgan fingerprint density at radius 2 is 1.95 bits per heavy atom. The van der Waals surface area contributed by atoms with Crippen molar-refractivity contribution < 1.29 is 18.8 Å². The van der Waals surface area contributed by atoms with Crippen LogP contribution in [0.4, 0.5) is 9.18 Å². The molecule has 0 fully saturated rings. The number of urea groups is 1. The number of hydrogen-bond acceptors (Lipinski definition) is 4. The van der Waals surface area contributed by atoms with Crippen LogP contribution in [0.5, 0.6) is 0 Å². The summed E-state index contributed by atoms with van der Waals surface area (Å²) in [7, 11) is 0. The quantitative estimate of drug-likeness (QED) is 0.565. The molecule has 0 aromatic heterocycles. The van der Waals surface area contributed by atoms with E-state index in [1.54, 1.807) is 0 Å². The molecule has 4 amide bonds. The number of halogens is 1. The highest BCUT2D eigenvalue weighted by Crippen LogP contribution is 2.05. The van der Waals surface area contributed by atoms with Crippen molar-refractivity contribution in [2.75, 3.05) is 12.0 Å². The second-order valence-electron chi connectivity index (χ2n) is 4.27. The molecule has 0 aliphatic heterocycles. The van der Waals surface area contributed by atoms with Gasteiger partial charge in [0.25, 0.3) is 11.8 Å². The third-order valence-electron chi connectivity index (χ3n) is 2.66. The molecule has 0 heterocycles. The lowest BCUT2D eigenvalue weighted by Crippen LogP contribution is -2.53. The molecule has 0 saturated carbocycles. The smallest absolute Gasteiger partial charge is 0.312 e. The number of thioether (sulfide) groups is 1. The summed E-state index contributed by atoms with van der Waals surface area (Å²) in [5.74, 6) is -1.53. The molecule has 0 spiro atoms. The molecule has 22 heavy (non-hydrogen) atoms. The lowest BCUT2D eigenvalue weighted by Gasteiger charge is -2.17. The van der Waals surface area contributed by atoms with Gasteiger partial charge in [0.2, 0.25) is 0 Å². The summed E-state index contributed by atoms with van der Waals surface area (Å²) in [4.78, 5) is 34.5. The summed E-state index contributed by atoms with van der Waals surface area (Å²) >= 11 is 1.49. The van der Waals surface area contributed by atoms with Crippen LogP contribution in [0.3, 0.4) is 0 Å². The fourth-order valence-corrected chi connectivity index (χ4v) is 2.07. The van der Waals surface area contributed by atoms with Gasteiger partial charge < -0.3 is 11.1 Å². The first-order valence-corrected chi connectivity index (χ1v) is 7.74. The van der Waals surface area contributed by atoms with Crippen molar-refractivity contribution >= 4 is 29.6 Å². The van der Waals surface area contributed by atoms with Crippen molar-refractivity contribution in [3.8, 4) is 0 Å². The van der Waals surface area contributed by atoms with Crippen molar-refractivity contribution in [2.45, 2.75) is 12.5 Å². The molecule has 120 valence electrons. The Kier molecular flexibility index (Phi) is 7.17. The predicted molar refractivity (Wildman–Crippen MR) is 81.5 cm³/mol. The van der Waals surface area contributed by atoms with E-state index in [0.29, 0.717) is 12.2 Å². The van der Waals surface area contributed by atoms with Gasteiger partial charge in [-0.2, -0.15) is 11.8 Å². The average Bonchev–Trinajstić information content (AvgIpc) is 2.48. The van der Waals surface area contributed by atoms with Gasteiger partial charge in [-0.05, 0) is 30.6 Å². The maximum atomic E-state index is 13.4. The van der Waals surface area contributed by atoms with Crippen LogP contribution in [0.1, 0.15) is 16.8 Å². The van der Waals surface area contributed by atoms with Crippen LogP contribution < -0.4 is 21.9 Å². The zero-order valence-corrected chi connectivity index (χ0v) is 12.7. The Morgan fingerprint density at radius 3 is 2.55 bits per heavy atom. The van der Waals surface area contributed by atoms with Gasteiger partial charge in [-0.15, -0.1) is 0 Å². The maximum absolute atomic E-state index is 13.4. The van der Waals surface area contributed by atoms with E-state index >= 15 is 0 Å². The van der Waals surface area contributed by atoms with Gasteiger partial charge in [0, 0.05) is 0 Å². The van der Waals surface area contributed by atoms with Gasteiger partial charge in [0.1, 0.15) is 11.9 Å². The van der Waals surface area contributed by atoms with E-state index in [-0.39, 0.29) is 5.56 Å². The predicted octanol–water partition coefficient (Wildman–Crippen LogP) is 0.377. The Morgan fingerprint density at radius 1 is 1.27 bits per heavy atom. The summed E-state index contributed by atoms with van der Waals surface area (Å²) in [5, 5.41) is 2.28. The van der Waals surface area contributed by atoms with Gasteiger partial charge in [-0.3, -0.25) is 20.4 Å². The molecule has 0 aliphatic carbocycles. The molecule has 1 atom stereocenters. The van der Waals surface area contributed by atoms with Crippen molar-refractivity contribution in [3.63, 3.8) is 0 Å². The lowest BCUT2D eigenvalue weighted by atomic mass is 10.2. The average molecular weight is 328 g/mol. The van der Waals surface area contributed by atoms with Crippen molar-refractivity contribution in [3.05, 3.63) is 35.6 Å². The van der Waals surface area contributed by atoms with Crippen LogP contribution in [-0.4, -0.2) is 35.9 Å². The summed E-state index contributed by atoms with van der Waals surface area (Å²) in [6, 6.07) is 3.62. The number of carbonyl (C=O) groups is 3. The Balaban J connectivity index is 2.60. The molecule has 9 heteroatoms. The highest BCUT2D eigenvalue weighted by atomic mass is 32.2. The third kappa shape index (κ3) is 5.60. The number of hydrazine groups is 1. The number of nitrogens with one attached hydrogen (secondary N) is 3. The maximum Gasteiger partial charge on any atom is 0.312 e. The normalized spacial score (nSPS) is 11.4. The van der Waals surface area contributed by atoms with E-state index in [0.717, 1.165) is 6.07 Å². The van der Waals surface area contributed by atoms with Crippen LogP contribution in [0, 0.1) is 5.82 Å². The van der Waals surface area contributed by atoms with Crippen LogP contribution in [0.15, 0.2) is 24.3 Å². The zero-order valence-electron chi connectivity index (χ0n) is 11.9. The Hall–Kier alpha value is -2.29. The number of hydrogen-bond donors (Lipinski definition) is 4. The summed E-state index contributed by atoms with van der Waals surface area (Å²) < 4.78 is 13.4. The molecule has 0 unspecified atom stereocenters. The van der Waals surface area contributed by atoms with Gasteiger partial charge >= 0.3 is 6.03 Å². The van der Waals surface area contributed by atoms with Gasteiger partial charge in [0.15, 0.2) is 0 Å². The van der Waals surface area contributed by atoms with E-state index in [1.165, 1.54) is 30.0 Å². The van der Waals surface area contributed by atoms with E-state index in [1.807, 2.05) is 6.26 Å². The SMILES string of the molecule is CSCC[C@H](NC(N)=O)C(=O)NNC(=O)c1ccccc1F. The molecule has 5 N–H and O–H groups in total. The molecule has 1 aromatic rings. The summed E-state index contributed by atoms with van der Waals surface area (Å²) in [5.41, 5.74) is 9.02. The van der Waals surface area contributed by atoms with Crippen LogP contribution in [-0.2, 0) is 4.79 Å². The van der Waals surface area contributed by atoms with Crippen molar-refractivity contribution in [2.24, 2.45) is 5.73 Å². The molecule has 0 saturated heterocycles. The summed E-state index contributed by atoms with van der Waals surface area (Å²) in [6.07, 6.45) is 2.19. The monoisotopic (exact) mass is 328 g/mol. The number of carbonyl (C=O) groups excluding carboxylic acids is 3. The van der Waals surface area contributed by atoms with Crippen molar-refractivity contribution in [1.82, 2.24) is 16.2 Å². The molecule has 0 radical (unpaired) electrons. The number of primary amides is 1. The van der Waals surface area contributed by atoms with E-state index in [2.05, 4.69) is 16.2 Å². The van der Waals surface area contributed by atoms with Gasteiger partial charge in [-0.25, -0.2) is 9.18 Å². The minimum absolute atomic E-state index is 0.202. The highest BCUT2D eigenvalue weighted by molar-refractivity contribution is 7.98. The fraction of sp³-hybridized carbons (Fsp3) is 0.308. The molecule has 1 aromatic carbocycles. The topological polar surface area (TPSA) is 113 Å². The first-order chi connectivity index (χ1) is 10.5. The summed E-state index contributed by atoms with van der Waals surface area (Å²) in [6.45, 7) is 0. The first kappa shape index (κ1) is 17.8. The number of amides is 4. The van der Waals surface area contributed by atoms with Crippen LogP contribution in [0.2, 0.25) is 0 Å². The van der Waals surface area contributed by atoms with Crippen LogP contribution >= 0.6 is 11.8 Å². The fourth-order valence-electron chi connectivity index (χ4n) is 1.59. The third-order valence-corrected chi connectivity index (χ3v) is 3.31. The van der Waals surface area contributed by atoms with E-state index in [4.69, 9.17) is 5.73 Å². The number of nitrogens with two attached hydrogens (primary N) is 1.